The summed E-state index contributed by atoms with van der Waals surface area (Å²) in [5, 5.41) is 5.25. The van der Waals surface area contributed by atoms with Gasteiger partial charge in [0.05, 0.1) is 10.9 Å². The quantitative estimate of drug-likeness (QED) is 0.947. The molecule has 6 heteroatoms. The smallest absolute Gasteiger partial charge is 0.240 e. The standard InChI is InChI=1S/C14H19FN2O2S/c1-14(2,3)7-8-17-9-12(20(16,18)19)13-10(15)5-4-6-11(13)17/h4-6,9H,7-8H2,1-3H3,(H2,16,18,19). The number of nitrogens with two attached hydrogens (primary N) is 1. The lowest BCUT2D eigenvalue weighted by molar-refractivity contribution is 0.353. The van der Waals surface area contributed by atoms with Crippen molar-refractivity contribution in [2.45, 2.75) is 38.6 Å². The molecule has 0 aliphatic rings. The van der Waals surface area contributed by atoms with Gasteiger partial charge in [0.1, 0.15) is 10.7 Å². The van der Waals surface area contributed by atoms with Gasteiger partial charge in [-0.2, -0.15) is 0 Å². The number of primary sulfonamides is 1. The van der Waals surface area contributed by atoms with Crippen molar-refractivity contribution in [3.63, 3.8) is 0 Å². The molecule has 0 bridgehead atoms. The third kappa shape index (κ3) is 3.02. The number of halogens is 1. The van der Waals surface area contributed by atoms with Crippen LogP contribution in [0.4, 0.5) is 4.39 Å². The van der Waals surface area contributed by atoms with Crippen LogP contribution in [0.1, 0.15) is 27.2 Å². The first-order chi connectivity index (χ1) is 9.09. The first kappa shape index (κ1) is 15.0. The summed E-state index contributed by atoms with van der Waals surface area (Å²) >= 11 is 0. The molecule has 0 saturated carbocycles. The Hall–Kier alpha value is -1.40. The Kier molecular flexibility index (Phi) is 3.64. The second kappa shape index (κ2) is 4.86. The Morgan fingerprint density at radius 2 is 1.95 bits per heavy atom. The van der Waals surface area contributed by atoms with Crippen molar-refractivity contribution >= 4 is 20.9 Å². The van der Waals surface area contributed by atoms with E-state index in [1.54, 1.807) is 16.7 Å². The Morgan fingerprint density at radius 1 is 1.30 bits per heavy atom. The third-order valence-corrected chi connectivity index (χ3v) is 4.15. The molecule has 4 nitrogen and oxygen atoms in total. The van der Waals surface area contributed by atoms with Crippen molar-refractivity contribution in [3.8, 4) is 0 Å². The number of aromatic nitrogens is 1. The van der Waals surface area contributed by atoms with Crippen molar-refractivity contribution < 1.29 is 12.8 Å². The lowest BCUT2D eigenvalue weighted by atomic mass is 9.92. The normalized spacial score (nSPS) is 13.1. The topological polar surface area (TPSA) is 65.1 Å². The van der Waals surface area contributed by atoms with E-state index in [0.717, 1.165) is 6.42 Å². The lowest BCUT2D eigenvalue weighted by Crippen LogP contribution is -2.12. The molecular weight excluding hydrogens is 279 g/mol. The van der Waals surface area contributed by atoms with Crippen LogP contribution >= 0.6 is 0 Å². The average molecular weight is 298 g/mol. The number of fused-ring (bicyclic) bond motifs is 1. The van der Waals surface area contributed by atoms with Gasteiger partial charge in [0.15, 0.2) is 0 Å². The van der Waals surface area contributed by atoms with Crippen LogP contribution in [0.15, 0.2) is 29.3 Å². The van der Waals surface area contributed by atoms with Gasteiger partial charge in [0, 0.05) is 12.7 Å². The molecule has 2 rings (SSSR count). The van der Waals surface area contributed by atoms with E-state index in [4.69, 9.17) is 5.14 Å². The van der Waals surface area contributed by atoms with Crippen LogP contribution in [0, 0.1) is 11.2 Å². The Bertz CT molecular complexity index is 742. The van der Waals surface area contributed by atoms with Crippen LogP contribution in [0.2, 0.25) is 0 Å². The fourth-order valence-electron chi connectivity index (χ4n) is 2.13. The SMILES string of the molecule is CC(C)(C)CCn1cc(S(N)(=O)=O)c2c(F)cccc21. The Balaban J connectivity index is 2.60. The fraction of sp³-hybridized carbons (Fsp3) is 0.429. The molecule has 0 radical (unpaired) electrons. The van der Waals surface area contributed by atoms with E-state index in [1.165, 1.54) is 12.3 Å². The third-order valence-electron chi connectivity index (χ3n) is 3.23. The minimum absolute atomic E-state index is 0.0731. The first-order valence-electron chi connectivity index (χ1n) is 6.40. The summed E-state index contributed by atoms with van der Waals surface area (Å²) in [6.45, 7) is 6.90. The maximum absolute atomic E-state index is 13.9. The summed E-state index contributed by atoms with van der Waals surface area (Å²) in [7, 11) is -3.95. The van der Waals surface area contributed by atoms with Gasteiger partial charge in [-0.25, -0.2) is 17.9 Å². The number of benzene rings is 1. The van der Waals surface area contributed by atoms with Gasteiger partial charge in [-0.1, -0.05) is 26.8 Å². The molecule has 1 heterocycles. The fourth-order valence-corrected chi connectivity index (χ4v) is 2.89. The van der Waals surface area contributed by atoms with Crippen LogP contribution in [0.5, 0.6) is 0 Å². The zero-order valence-electron chi connectivity index (χ0n) is 11.9. The summed E-state index contributed by atoms with van der Waals surface area (Å²) in [6, 6.07) is 4.51. The van der Waals surface area contributed by atoms with Gasteiger partial charge >= 0.3 is 0 Å². The van der Waals surface area contributed by atoms with Gasteiger partial charge < -0.3 is 4.57 Å². The van der Waals surface area contributed by atoms with Crippen LogP contribution in [-0.2, 0) is 16.6 Å². The number of sulfonamides is 1. The Labute approximate surface area is 118 Å². The van der Waals surface area contributed by atoms with Crippen LogP contribution in [-0.4, -0.2) is 13.0 Å². The van der Waals surface area contributed by atoms with Crippen molar-refractivity contribution in [3.05, 3.63) is 30.2 Å². The highest BCUT2D eigenvalue weighted by atomic mass is 32.2. The second-order valence-electron chi connectivity index (χ2n) is 6.18. The number of aryl methyl sites for hydroxylation is 1. The van der Waals surface area contributed by atoms with E-state index in [1.807, 2.05) is 0 Å². The first-order valence-corrected chi connectivity index (χ1v) is 7.94. The lowest BCUT2D eigenvalue weighted by Gasteiger charge is -2.18. The molecule has 0 saturated heterocycles. The van der Waals surface area contributed by atoms with Crippen LogP contribution in [0.25, 0.3) is 10.9 Å². The van der Waals surface area contributed by atoms with E-state index < -0.39 is 15.8 Å². The summed E-state index contributed by atoms with van der Waals surface area (Å²) < 4.78 is 38.9. The molecular formula is C14H19FN2O2S. The molecule has 0 aliphatic carbocycles. The average Bonchev–Trinajstić information content (AvgIpc) is 2.65. The maximum Gasteiger partial charge on any atom is 0.240 e. The molecule has 2 N–H and O–H groups in total. The van der Waals surface area contributed by atoms with Gasteiger partial charge in [-0.15, -0.1) is 0 Å². The van der Waals surface area contributed by atoms with E-state index in [9.17, 15) is 12.8 Å². The molecule has 1 aromatic heterocycles. The van der Waals surface area contributed by atoms with Gasteiger partial charge in [-0.3, -0.25) is 0 Å². The molecule has 20 heavy (non-hydrogen) atoms. The summed E-state index contributed by atoms with van der Waals surface area (Å²) in [5.41, 5.74) is 0.657. The maximum atomic E-state index is 13.9. The second-order valence-corrected chi connectivity index (χ2v) is 7.71. The minimum atomic E-state index is -3.95. The van der Waals surface area contributed by atoms with E-state index in [2.05, 4.69) is 20.8 Å². The molecule has 0 amide bonds. The number of hydrogen-bond donors (Lipinski definition) is 1. The van der Waals surface area contributed by atoms with Crippen molar-refractivity contribution in [1.82, 2.24) is 4.57 Å². The van der Waals surface area contributed by atoms with Crippen LogP contribution < -0.4 is 5.14 Å². The molecule has 0 atom stereocenters. The predicted molar refractivity (Wildman–Crippen MR) is 77.3 cm³/mol. The number of nitrogens with zero attached hydrogens (tertiary/aromatic N) is 1. The van der Waals surface area contributed by atoms with Crippen molar-refractivity contribution in [2.24, 2.45) is 10.6 Å². The minimum Gasteiger partial charge on any atom is -0.346 e. The van der Waals surface area contributed by atoms with E-state index in [0.29, 0.717) is 12.1 Å². The van der Waals surface area contributed by atoms with Gasteiger partial charge in [0.25, 0.3) is 0 Å². The zero-order valence-corrected chi connectivity index (χ0v) is 12.7. The van der Waals surface area contributed by atoms with Gasteiger partial charge in [0.2, 0.25) is 10.0 Å². The molecule has 1 aromatic carbocycles. The molecule has 0 aliphatic heterocycles. The summed E-state index contributed by atoms with van der Waals surface area (Å²) in [5.74, 6) is -0.568. The molecule has 0 spiro atoms. The number of hydrogen-bond acceptors (Lipinski definition) is 2. The van der Waals surface area contributed by atoms with E-state index >= 15 is 0 Å². The molecule has 0 fully saturated rings. The molecule has 0 unspecified atom stereocenters. The highest BCUT2D eigenvalue weighted by Crippen LogP contribution is 2.29. The van der Waals surface area contributed by atoms with Crippen molar-refractivity contribution in [2.75, 3.05) is 0 Å². The van der Waals surface area contributed by atoms with Crippen molar-refractivity contribution in [1.29, 1.82) is 0 Å². The largest absolute Gasteiger partial charge is 0.346 e. The summed E-state index contributed by atoms with van der Waals surface area (Å²) in [4.78, 5) is -0.153. The Morgan fingerprint density at radius 3 is 2.50 bits per heavy atom. The monoisotopic (exact) mass is 298 g/mol. The van der Waals surface area contributed by atoms with E-state index in [-0.39, 0.29) is 15.7 Å². The number of rotatable bonds is 3. The molecule has 110 valence electrons. The predicted octanol–water partition coefficient (Wildman–Crippen LogP) is 2.86. The van der Waals surface area contributed by atoms with Crippen LogP contribution in [0.3, 0.4) is 0 Å². The summed E-state index contributed by atoms with van der Waals surface area (Å²) in [6.07, 6.45) is 2.27. The highest BCUT2D eigenvalue weighted by Gasteiger charge is 2.21. The van der Waals surface area contributed by atoms with Gasteiger partial charge in [-0.05, 0) is 24.0 Å². The zero-order chi connectivity index (χ0) is 15.1. The highest BCUT2D eigenvalue weighted by molar-refractivity contribution is 7.89. The molecule has 2 aromatic rings.